The molecule has 1 aliphatic heterocycles. The number of carbonyl (C=O) groups is 1. The van der Waals surface area contributed by atoms with Gasteiger partial charge in [-0.15, -0.1) is 0 Å². The average Bonchev–Trinajstić information content (AvgIpc) is 3.03. The van der Waals surface area contributed by atoms with E-state index in [2.05, 4.69) is 47.5 Å². The molecule has 1 atom stereocenters. The third kappa shape index (κ3) is 3.68. The minimum absolute atomic E-state index is 0.105. The Hall–Kier alpha value is -3.01. The number of methoxy groups -OCH3 is 2. The predicted octanol–water partition coefficient (Wildman–Crippen LogP) is 4.40. The maximum absolute atomic E-state index is 12.9. The molecule has 0 aromatic heterocycles. The molecule has 144 valence electrons. The van der Waals surface area contributed by atoms with E-state index < -0.39 is 0 Å². The maximum Gasteiger partial charge on any atom is 0.170 e. The van der Waals surface area contributed by atoms with Gasteiger partial charge in [-0.05, 0) is 54.0 Å². The molecule has 0 saturated carbocycles. The number of benzene rings is 2. The number of Topliss-reactive ketones (excluding diaryl/α,β-unsaturated/α-hetero) is 1. The van der Waals surface area contributed by atoms with Crippen LogP contribution in [0.15, 0.2) is 66.4 Å². The van der Waals surface area contributed by atoms with Crippen LogP contribution in [0.5, 0.6) is 11.5 Å². The molecule has 0 fully saturated rings. The standard InChI is InChI=1S/C24H25NO3/c1-27-22-14-19-13-20(24(26)21(19)15-23(22)28-2)12-17-8-10-25(11-9-17)16-18-6-4-3-5-7-18/h3-8,10,12,14-15,20H,9,11,13,16H2,1-2H3. The predicted molar refractivity (Wildman–Crippen MR) is 110 cm³/mol. The molecule has 4 nitrogen and oxygen atoms in total. The van der Waals surface area contributed by atoms with Crippen molar-refractivity contribution in [2.75, 3.05) is 20.8 Å². The van der Waals surface area contributed by atoms with Crippen molar-refractivity contribution in [3.63, 3.8) is 0 Å². The number of allylic oxidation sites excluding steroid dienone is 2. The number of ketones is 1. The van der Waals surface area contributed by atoms with E-state index in [4.69, 9.17) is 9.47 Å². The molecule has 0 saturated heterocycles. The van der Waals surface area contributed by atoms with Gasteiger partial charge in [0.25, 0.3) is 0 Å². The zero-order valence-electron chi connectivity index (χ0n) is 16.4. The molecule has 4 rings (SSSR count). The summed E-state index contributed by atoms with van der Waals surface area (Å²) in [6.45, 7) is 1.88. The molecular weight excluding hydrogens is 350 g/mol. The molecule has 1 aliphatic carbocycles. The highest BCUT2D eigenvalue weighted by Gasteiger charge is 2.31. The Balaban J connectivity index is 1.46. The van der Waals surface area contributed by atoms with E-state index in [9.17, 15) is 4.79 Å². The molecule has 1 heterocycles. The molecule has 4 heteroatoms. The van der Waals surface area contributed by atoms with Gasteiger partial charge in [0.15, 0.2) is 17.3 Å². The summed E-state index contributed by atoms with van der Waals surface area (Å²) in [5.41, 5.74) is 4.33. The van der Waals surface area contributed by atoms with Crippen molar-refractivity contribution < 1.29 is 14.3 Å². The van der Waals surface area contributed by atoms with E-state index in [-0.39, 0.29) is 11.7 Å². The summed E-state index contributed by atoms with van der Waals surface area (Å²) < 4.78 is 10.7. The quantitative estimate of drug-likeness (QED) is 0.776. The molecule has 0 radical (unpaired) electrons. The first-order chi connectivity index (χ1) is 13.7. The Morgan fingerprint density at radius 2 is 1.86 bits per heavy atom. The monoisotopic (exact) mass is 375 g/mol. The van der Waals surface area contributed by atoms with Gasteiger partial charge >= 0.3 is 0 Å². The van der Waals surface area contributed by atoms with Crippen LogP contribution in [-0.4, -0.2) is 31.4 Å². The summed E-state index contributed by atoms with van der Waals surface area (Å²) >= 11 is 0. The second kappa shape index (κ2) is 7.93. The molecule has 28 heavy (non-hydrogen) atoms. The second-order valence-corrected chi connectivity index (χ2v) is 7.30. The molecule has 0 bridgehead atoms. The first kappa shape index (κ1) is 18.4. The van der Waals surface area contributed by atoms with Crippen molar-refractivity contribution in [2.24, 2.45) is 5.92 Å². The van der Waals surface area contributed by atoms with Crippen LogP contribution >= 0.6 is 0 Å². The number of hydrogen-bond acceptors (Lipinski definition) is 4. The highest BCUT2D eigenvalue weighted by atomic mass is 16.5. The Kier molecular flexibility index (Phi) is 5.20. The molecule has 0 amide bonds. The molecule has 0 N–H and O–H groups in total. The van der Waals surface area contributed by atoms with Gasteiger partial charge in [0.05, 0.1) is 14.2 Å². The molecule has 2 aromatic rings. The van der Waals surface area contributed by atoms with Crippen LogP contribution in [0.2, 0.25) is 0 Å². The number of carbonyl (C=O) groups excluding carboxylic acids is 1. The molecule has 2 aliphatic rings. The smallest absolute Gasteiger partial charge is 0.170 e. The molecule has 2 aromatic carbocycles. The van der Waals surface area contributed by atoms with Crippen molar-refractivity contribution in [1.82, 2.24) is 4.90 Å². The number of hydrogen-bond donors (Lipinski definition) is 0. The molecule has 1 unspecified atom stereocenters. The minimum Gasteiger partial charge on any atom is -0.493 e. The van der Waals surface area contributed by atoms with Crippen molar-refractivity contribution in [3.05, 3.63) is 83.1 Å². The Morgan fingerprint density at radius 3 is 2.54 bits per heavy atom. The van der Waals surface area contributed by atoms with Crippen LogP contribution in [0.3, 0.4) is 0 Å². The lowest BCUT2D eigenvalue weighted by molar-refractivity contribution is 0.0959. The van der Waals surface area contributed by atoms with Crippen LogP contribution in [0.4, 0.5) is 0 Å². The third-order valence-corrected chi connectivity index (χ3v) is 5.48. The normalized spacial score (nSPS) is 19.8. The summed E-state index contributed by atoms with van der Waals surface area (Å²) in [4.78, 5) is 15.2. The van der Waals surface area contributed by atoms with Gasteiger partial charge in [0.2, 0.25) is 0 Å². The first-order valence-electron chi connectivity index (χ1n) is 9.64. The van der Waals surface area contributed by atoms with Gasteiger partial charge in [0, 0.05) is 24.6 Å². The molecular formula is C24H25NO3. The van der Waals surface area contributed by atoms with E-state index in [1.165, 1.54) is 11.1 Å². The number of nitrogens with zero attached hydrogens (tertiary/aromatic N) is 1. The van der Waals surface area contributed by atoms with Crippen LogP contribution in [-0.2, 0) is 13.0 Å². The van der Waals surface area contributed by atoms with E-state index in [1.54, 1.807) is 14.2 Å². The van der Waals surface area contributed by atoms with Gasteiger partial charge in [-0.2, -0.15) is 0 Å². The van der Waals surface area contributed by atoms with Gasteiger partial charge < -0.3 is 14.4 Å². The van der Waals surface area contributed by atoms with Crippen LogP contribution in [0.25, 0.3) is 0 Å². The van der Waals surface area contributed by atoms with E-state index in [0.717, 1.165) is 37.1 Å². The van der Waals surface area contributed by atoms with E-state index in [1.807, 2.05) is 18.2 Å². The fourth-order valence-electron chi connectivity index (χ4n) is 3.96. The van der Waals surface area contributed by atoms with Crippen LogP contribution in [0.1, 0.15) is 27.9 Å². The fraction of sp³-hybridized carbons (Fsp3) is 0.292. The SMILES string of the molecule is COc1cc2c(cc1OC)C(=O)C(C=C1C=CN(Cc3ccccc3)CC1)C2. The number of fused-ring (bicyclic) bond motifs is 1. The Labute approximate surface area is 166 Å². The minimum atomic E-state index is -0.105. The fourth-order valence-corrected chi connectivity index (χ4v) is 3.96. The van der Waals surface area contributed by atoms with Gasteiger partial charge in [-0.3, -0.25) is 4.79 Å². The highest BCUT2D eigenvalue weighted by Crippen LogP contribution is 2.37. The summed E-state index contributed by atoms with van der Waals surface area (Å²) in [5, 5.41) is 0. The van der Waals surface area contributed by atoms with E-state index >= 15 is 0 Å². The first-order valence-corrected chi connectivity index (χ1v) is 9.64. The maximum atomic E-state index is 12.9. The number of rotatable bonds is 5. The van der Waals surface area contributed by atoms with Crippen molar-refractivity contribution in [2.45, 2.75) is 19.4 Å². The van der Waals surface area contributed by atoms with Crippen molar-refractivity contribution >= 4 is 5.78 Å². The lowest BCUT2D eigenvalue weighted by atomic mass is 9.98. The van der Waals surface area contributed by atoms with Crippen molar-refractivity contribution in [1.29, 1.82) is 0 Å². The summed E-state index contributed by atoms with van der Waals surface area (Å²) in [5.74, 6) is 1.35. The Morgan fingerprint density at radius 1 is 1.11 bits per heavy atom. The number of ether oxygens (including phenoxy) is 2. The van der Waals surface area contributed by atoms with Gasteiger partial charge in [-0.25, -0.2) is 0 Å². The Bertz CT molecular complexity index is 930. The highest BCUT2D eigenvalue weighted by molar-refractivity contribution is 6.04. The van der Waals surface area contributed by atoms with Crippen LogP contribution < -0.4 is 9.47 Å². The summed E-state index contributed by atoms with van der Waals surface area (Å²) in [6, 6.07) is 14.2. The lowest BCUT2D eigenvalue weighted by Crippen LogP contribution is -2.21. The van der Waals surface area contributed by atoms with Crippen LogP contribution in [0, 0.1) is 5.92 Å². The van der Waals surface area contributed by atoms with Gasteiger partial charge in [-0.1, -0.05) is 36.4 Å². The van der Waals surface area contributed by atoms with Gasteiger partial charge in [0.1, 0.15) is 0 Å². The van der Waals surface area contributed by atoms with Crippen molar-refractivity contribution in [3.8, 4) is 11.5 Å². The summed E-state index contributed by atoms with van der Waals surface area (Å²) in [7, 11) is 3.21. The zero-order chi connectivity index (χ0) is 19.5. The average molecular weight is 375 g/mol. The third-order valence-electron chi connectivity index (χ3n) is 5.48. The topological polar surface area (TPSA) is 38.8 Å². The second-order valence-electron chi connectivity index (χ2n) is 7.30. The lowest BCUT2D eigenvalue weighted by Gasteiger charge is -2.25. The molecule has 0 spiro atoms. The largest absolute Gasteiger partial charge is 0.493 e. The van der Waals surface area contributed by atoms with E-state index in [0.29, 0.717) is 11.5 Å². The summed E-state index contributed by atoms with van der Waals surface area (Å²) in [6.07, 6.45) is 8.10. The zero-order valence-corrected chi connectivity index (χ0v) is 16.4.